The lowest BCUT2D eigenvalue weighted by Gasteiger charge is -2.14. The summed E-state index contributed by atoms with van der Waals surface area (Å²) in [6.45, 7) is 6.31. The van der Waals surface area contributed by atoms with Gasteiger partial charge in [-0.25, -0.2) is 9.67 Å². The second kappa shape index (κ2) is 4.33. The van der Waals surface area contributed by atoms with Crippen molar-refractivity contribution in [3.63, 3.8) is 0 Å². The predicted octanol–water partition coefficient (Wildman–Crippen LogP) is 2.16. The zero-order valence-electron chi connectivity index (χ0n) is 11.1. The van der Waals surface area contributed by atoms with E-state index in [1.165, 1.54) is 0 Å². The summed E-state index contributed by atoms with van der Waals surface area (Å²) in [6.07, 6.45) is 1.69. The summed E-state index contributed by atoms with van der Waals surface area (Å²) in [7, 11) is 1.59. The van der Waals surface area contributed by atoms with Crippen LogP contribution in [0.5, 0.6) is 5.88 Å². The van der Waals surface area contributed by atoms with Crippen molar-refractivity contribution >= 4 is 5.82 Å². The number of pyridine rings is 1. The first-order valence-corrected chi connectivity index (χ1v) is 5.78. The Bertz CT molecular complexity index is 537. The van der Waals surface area contributed by atoms with Crippen LogP contribution < -0.4 is 10.5 Å². The van der Waals surface area contributed by atoms with Crippen molar-refractivity contribution in [1.29, 1.82) is 0 Å². The van der Waals surface area contributed by atoms with Crippen molar-refractivity contribution in [3.05, 3.63) is 30.1 Å². The number of hydrogen-bond donors (Lipinski definition) is 1. The van der Waals surface area contributed by atoms with Gasteiger partial charge in [0.25, 0.3) is 0 Å². The predicted molar refractivity (Wildman–Crippen MR) is 71.0 cm³/mol. The Morgan fingerprint density at radius 3 is 2.44 bits per heavy atom. The van der Waals surface area contributed by atoms with Gasteiger partial charge in [-0.2, -0.15) is 5.10 Å². The van der Waals surface area contributed by atoms with Gasteiger partial charge in [0, 0.05) is 17.5 Å². The number of aromatic nitrogens is 3. The third-order valence-electron chi connectivity index (χ3n) is 2.68. The van der Waals surface area contributed by atoms with Crippen LogP contribution in [0.1, 0.15) is 26.5 Å². The van der Waals surface area contributed by atoms with E-state index in [9.17, 15) is 0 Å². The summed E-state index contributed by atoms with van der Waals surface area (Å²) in [5, 5.41) is 4.52. The molecule has 5 nitrogen and oxygen atoms in total. The number of methoxy groups -OCH3 is 1. The standard InChI is InChI=1S/C13H18N4O/c1-13(2,3)10-7-11(14)17(16-10)9-5-6-12(18-4)15-8-9/h5-8H,14H2,1-4H3. The number of nitrogens with two attached hydrogens (primary N) is 1. The van der Waals surface area contributed by atoms with Crippen LogP contribution in [-0.2, 0) is 5.41 Å². The molecule has 0 aliphatic carbocycles. The number of rotatable bonds is 2. The molecule has 0 aliphatic heterocycles. The summed E-state index contributed by atoms with van der Waals surface area (Å²) in [4.78, 5) is 4.15. The normalized spacial score (nSPS) is 11.6. The van der Waals surface area contributed by atoms with E-state index in [-0.39, 0.29) is 5.41 Å². The summed E-state index contributed by atoms with van der Waals surface area (Å²) >= 11 is 0. The number of hydrogen-bond acceptors (Lipinski definition) is 4. The Morgan fingerprint density at radius 2 is 2.00 bits per heavy atom. The average molecular weight is 246 g/mol. The molecule has 0 aliphatic rings. The Morgan fingerprint density at radius 1 is 1.28 bits per heavy atom. The third-order valence-corrected chi connectivity index (χ3v) is 2.68. The lowest BCUT2D eigenvalue weighted by atomic mass is 9.92. The summed E-state index contributed by atoms with van der Waals surface area (Å²) < 4.78 is 6.71. The lowest BCUT2D eigenvalue weighted by molar-refractivity contribution is 0.397. The summed E-state index contributed by atoms with van der Waals surface area (Å²) in [6, 6.07) is 5.55. The van der Waals surface area contributed by atoms with Crippen LogP contribution in [0.4, 0.5) is 5.82 Å². The van der Waals surface area contributed by atoms with Crippen LogP contribution in [-0.4, -0.2) is 21.9 Å². The Labute approximate surface area is 107 Å². The molecule has 5 heteroatoms. The highest BCUT2D eigenvalue weighted by Crippen LogP contribution is 2.24. The van der Waals surface area contributed by atoms with E-state index in [4.69, 9.17) is 10.5 Å². The van der Waals surface area contributed by atoms with Crippen molar-refractivity contribution in [2.45, 2.75) is 26.2 Å². The molecule has 2 heterocycles. The molecular weight excluding hydrogens is 228 g/mol. The fourth-order valence-electron chi connectivity index (χ4n) is 1.59. The number of anilines is 1. The maximum Gasteiger partial charge on any atom is 0.213 e. The third kappa shape index (κ3) is 2.30. The maximum absolute atomic E-state index is 5.98. The van der Waals surface area contributed by atoms with Crippen molar-refractivity contribution in [2.75, 3.05) is 12.8 Å². The molecule has 2 rings (SSSR count). The Kier molecular flexibility index (Phi) is 2.98. The van der Waals surface area contributed by atoms with Crippen LogP contribution in [0.15, 0.2) is 24.4 Å². The largest absolute Gasteiger partial charge is 0.481 e. The van der Waals surface area contributed by atoms with Gasteiger partial charge in [-0.15, -0.1) is 0 Å². The lowest BCUT2D eigenvalue weighted by Crippen LogP contribution is -2.12. The van der Waals surface area contributed by atoms with Gasteiger partial charge in [0.15, 0.2) is 0 Å². The molecule has 2 aromatic rings. The summed E-state index contributed by atoms with van der Waals surface area (Å²) in [5.41, 5.74) is 7.73. The van der Waals surface area contributed by atoms with Gasteiger partial charge < -0.3 is 10.5 Å². The highest BCUT2D eigenvalue weighted by atomic mass is 16.5. The highest BCUT2D eigenvalue weighted by Gasteiger charge is 2.19. The number of nitrogen functional groups attached to an aromatic ring is 1. The first-order valence-electron chi connectivity index (χ1n) is 5.78. The molecule has 0 saturated heterocycles. The van der Waals surface area contributed by atoms with Crippen molar-refractivity contribution in [1.82, 2.24) is 14.8 Å². The zero-order valence-corrected chi connectivity index (χ0v) is 11.1. The molecule has 0 spiro atoms. The Balaban J connectivity index is 2.41. The zero-order chi connectivity index (χ0) is 13.3. The molecular formula is C13H18N4O. The van der Waals surface area contributed by atoms with Crippen LogP contribution in [0.2, 0.25) is 0 Å². The smallest absolute Gasteiger partial charge is 0.213 e. The number of nitrogens with zero attached hydrogens (tertiary/aromatic N) is 3. The van der Waals surface area contributed by atoms with Gasteiger partial charge in [0.1, 0.15) is 5.82 Å². The topological polar surface area (TPSA) is 66.0 Å². The van der Waals surface area contributed by atoms with Gasteiger partial charge in [-0.3, -0.25) is 0 Å². The molecule has 0 amide bonds. The molecule has 0 bridgehead atoms. The molecule has 2 aromatic heterocycles. The fourth-order valence-corrected chi connectivity index (χ4v) is 1.59. The molecule has 96 valence electrons. The minimum Gasteiger partial charge on any atom is -0.481 e. The minimum absolute atomic E-state index is 0.0285. The van der Waals surface area contributed by atoms with E-state index < -0.39 is 0 Å². The molecule has 0 aromatic carbocycles. The van der Waals surface area contributed by atoms with E-state index in [0.29, 0.717) is 11.7 Å². The van der Waals surface area contributed by atoms with Gasteiger partial charge in [-0.1, -0.05) is 20.8 Å². The minimum atomic E-state index is -0.0285. The van der Waals surface area contributed by atoms with Crippen molar-refractivity contribution < 1.29 is 4.74 Å². The van der Waals surface area contributed by atoms with E-state index >= 15 is 0 Å². The van der Waals surface area contributed by atoms with Gasteiger partial charge in [0.05, 0.1) is 24.7 Å². The maximum atomic E-state index is 5.98. The van der Waals surface area contributed by atoms with Crippen LogP contribution in [0.3, 0.4) is 0 Å². The first-order chi connectivity index (χ1) is 8.41. The van der Waals surface area contributed by atoms with Crippen LogP contribution in [0, 0.1) is 0 Å². The molecule has 0 radical (unpaired) electrons. The van der Waals surface area contributed by atoms with Gasteiger partial charge in [0.2, 0.25) is 5.88 Å². The summed E-state index contributed by atoms with van der Waals surface area (Å²) in [5.74, 6) is 1.17. The molecule has 0 unspecified atom stereocenters. The van der Waals surface area contributed by atoms with Crippen LogP contribution in [0.25, 0.3) is 5.69 Å². The molecule has 0 saturated carbocycles. The SMILES string of the molecule is COc1ccc(-n2nc(C(C)(C)C)cc2N)cn1. The van der Waals surface area contributed by atoms with Gasteiger partial charge >= 0.3 is 0 Å². The molecule has 0 fully saturated rings. The Hall–Kier alpha value is -2.04. The van der Waals surface area contributed by atoms with E-state index in [1.807, 2.05) is 12.1 Å². The van der Waals surface area contributed by atoms with Crippen molar-refractivity contribution in [3.8, 4) is 11.6 Å². The average Bonchev–Trinajstić information content (AvgIpc) is 2.71. The molecule has 18 heavy (non-hydrogen) atoms. The highest BCUT2D eigenvalue weighted by molar-refractivity contribution is 5.43. The molecule has 0 atom stereocenters. The first kappa shape index (κ1) is 12.4. The quantitative estimate of drug-likeness (QED) is 0.881. The fraction of sp³-hybridized carbons (Fsp3) is 0.385. The van der Waals surface area contributed by atoms with Crippen molar-refractivity contribution in [2.24, 2.45) is 0 Å². The monoisotopic (exact) mass is 246 g/mol. The van der Waals surface area contributed by atoms with Gasteiger partial charge in [-0.05, 0) is 6.07 Å². The van der Waals surface area contributed by atoms with E-state index in [0.717, 1.165) is 11.4 Å². The second-order valence-electron chi connectivity index (χ2n) is 5.18. The number of ether oxygens (including phenoxy) is 1. The molecule has 2 N–H and O–H groups in total. The van der Waals surface area contributed by atoms with Crippen LogP contribution >= 0.6 is 0 Å². The van der Waals surface area contributed by atoms with E-state index in [1.54, 1.807) is 24.1 Å². The second-order valence-corrected chi connectivity index (χ2v) is 5.18. The van der Waals surface area contributed by atoms with E-state index in [2.05, 4.69) is 30.9 Å².